The van der Waals surface area contributed by atoms with Gasteiger partial charge in [0.1, 0.15) is 0 Å². The Labute approximate surface area is 701 Å². The van der Waals surface area contributed by atoms with Gasteiger partial charge in [0, 0.05) is 94.4 Å². The van der Waals surface area contributed by atoms with Crippen LogP contribution in [0, 0.1) is 47.3 Å². The van der Waals surface area contributed by atoms with Gasteiger partial charge in [-0.05, 0) is 323 Å². The Bertz CT molecular complexity index is 7970. The van der Waals surface area contributed by atoms with Crippen LogP contribution in [0.25, 0.3) is 182 Å². The molecule has 8 saturated carbocycles. The highest BCUT2D eigenvalue weighted by Gasteiger charge is 2.63. The van der Waals surface area contributed by atoms with Crippen LogP contribution >= 0.6 is 0 Å². The lowest BCUT2D eigenvalue weighted by Gasteiger charge is -2.61. The SMILES string of the molecule is c1ccc(-n2c(-n3c4ccccc4c4cc(-c5ccc6c(c5)c5ccccc5n6-c5ccc6c(c5)C5(c7ccccc7-6)C6CC7CC(C6)CC5C7)ccc43)nc3ccccc32)cc1.c1ccc2c(c1)-c1ccc(-n3c4ccccc4c4cc(-c5ccc6c(c5)c5ccccc5n6-c5ccc6cnccc6c5)ccc43)cc1C21C2CC3CC(C2)CC1C3. The molecule has 576 valence electrons. The molecule has 15 aromatic carbocycles. The van der Waals surface area contributed by atoms with E-state index in [1.165, 1.54) is 202 Å². The van der Waals surface area contributed by atoms with Crippen LogP contribution in [0.5, 0.6) is 0 Å². The van der Waals surface area contributed by atoms with Gasteiger partial charge in [0.25, 0.3) is 0 Å². The first-order valence-corrected chi connectivity index (χ1v) is 44.4. The highest BCUT2D eigenvalue weighted by atomic mass is 15.2. The summed E-state index contributed by atoms with van der Waals surface area (Å²) in [5.41, 5.74) is 34.2. The quantitative estimate of drug-likeness (QED) is 0.160. The minimum absolute atomic E-state index is 0.136. The molecule has 6 aromatic heterocycles. The van der Waals surface area contributed by atoms with Crippen molar-refractivity contribution in [3.8, 4) is 73.2 Å². The smallest absolute Gasteiger partial charge is 0.220 e. The van der Waals surface area contributed by atoms with Gasteiger partial charge in [0.2, 0.25) is 5.95 Å². The van der Waals surface area contributed by atoms with E-state index in [4.69, 9.17) is 4.98 Å². The monoisotopic (exact) mass is 1550 g/mol. The lowest BCUT2D eigenvalue weighted by molar-refractivity contribution is -0.0399. The van der Waals surface area contributed by atoms with Crippen molar-refractivity contribution in [2.75, 3.05) is 0 Å². The molecule has 2 spiro atoms. The van der Waals surface area contributed by atoms with E-state index in [-0.39, 0.29) is 10.8 Å². The molecule has 10 aliphatic carbocycles. The molecular weight excluding hydrogens is 1470 g/mol. The topological polar surface area (TPSA) is 50.4 Å². The van der Waals surface area contributed by atoms with E-state index in [9.17, 15) is 0 Å². The maximum Gasteiger partial charge on any atom is 0.220 e. The maximum absolute atomic E-state index is 5.30. The molecule has 121 heavy (non-hydrogen) atoms. The highest BCUT2D eigenvalue weighted by Crippen LogP contribution is 2.72. The maximum atomic E-state index is 5.30. The summed E-state index contributed by atoms with van der Waals surface area (Å²) in [6, 6.07) is 126. The summed E-state index contributed by atoms with van der Waals surface area (Å²) in [4.78, 5) is 9.64. The number of nitrogens with zero attached hydrogens (tertiary/aromatic N) is 7. The fraction of sp³-hybridized carbons (Fsp3) is 0.175. The molecular formula is C114H85N7. The van der Waals surface area contributed by atoms with E-state index in [2.05, 4.69) is 361 Å². The third-order valence-corrected chi connectivity index (χ3v) is 31.6. The Morgan fingerprint density at radius 1 is 0.231 bits per heavy atom. The Morgan fingerprint density at radius 3 is 1.04 bits per heavy atom. The second kappa shape index (κ2) is 25.0. The summed E-state index contributed by atoms with van der Waals surface area (Å²) >= 11 is 0. The molecule has 0 radical (unpaired) electrons. The zero-order chi connectivity index (χ0) is 78.7. The van der Waals surface area contributed by atoms with Gasteiger partial charge in [-0.1, -0.05) is 194 Å². The van der Waals surface area contributed by atoms with Gasteiger partial charge in [0.15, 0.2) is 0 Å². The number of hydrogen-bond acceptors (Lipinski definition) is 2. The number of aromatic nitrogens is 7. The second-order valence-corrected chi connectivity index (χ2v) is 37.2. The minimum Gasteiger partial charge on any atom is -0.309 e. The molecule has 21 aromatic rings. The van der Waals surface area contributed by atoms with Crippen LogP contribution in [0.1, 0.15) is 86.5 Å². The molecule has 0 unspecified atom stereocenters. The lowest BCUT2D eigenvalue weighted by Crippen LogP contribution is -2.55. The van der Waals surface area contributed by atoms with Crippen molar-refractivity contribution < 1.29 is 0 Å². The molecule has 7 nitrogen and oxygen atoms in total. The van der Waals surface area contributed by atoms with Crippen LogP contribution in [0.4, 0.5) is 0 Å². The number of imidazole rings is 1. The van der Waals surface area contributed by atoms with Crippen LogP contribution in [0.15, 0.2) is 346 Å². The van der Waals surface area contributed by atoms with E-state index in [0.29, 0.717) is 0 Å². The first-order valence-electron chi connectivity index (χ1n) is 44.4. The first-order chi connectivity index (χ1) is 59.9. The average Bonchev–Trinajstić information content (AvgIpc) is 1.53. The van der Waals surface area contributed by atoms with Crippen molar-refractivity contribution in [3.63, 3.8) is 0 Å². The number of benzene rings is 15. The van der Waals surface area contributed by atoms with Crippen molar-refractivity contribution >= 4 is 109 Å². The second-order valence-electron chi connectivity index (χ2n) is 37.2. The molecule has 0 saturated heterocycles. The molecule has 0 aliphatic heterocycles. The average molecular weight is 1550 g/mol. The van der Waals surface area contributed by atoms with E-state index in [1.54, 1.807) is 22.3 Å². The molecule has 31 rings (SSSR count). The zero-order valence-corrected chi connectivity index (χ0v) is 67.2. The molecule has 10 aliphatic rings. The predicted molar refractivity (Wildman–Crippen MR) is 498 cm³/mol. The molecule has 0 amide bonds. The van der Waals surface area contributed by atoms with Gasteiger partial charge in [-0.3, -0.25) is 14.1 Å². The summed E-state index contributed by atoms with van der Waals surface area (Å²) < 4.78 is 12.2. The van der Waals surface area contributed by atoms with E-state index < -0.39 is 0 Å². The fourth-order valence-electron chi connectivity index (χ4n) is 27.4. The van der Waals surface area contributed by atoms with E-state index >= 15 is 0 Å². The number of rotatable bonds is 7. The van der Waals surface area contributed by atoms with Crippen LogP contribution in [0.3, 0.4) is 0 Å². The van der Waals surface area contributed by atoms with E-state index in [0.717, 1.165) is 92.1 Å². The summed E-state index contributed by atoms with van der Waals surface area (Å²) in [7, 11) is 0. The highest BCUT2D eigenvalue weighted by molar-refractivity contribution is 6.15. The summed E-state index contributed by atoms with van der Waals surface area (Å²) in [5, 5.41) is 12.5. The molecule has 6 heterocycles. The molecule has 7 heteroatoms. The Balaban J connectivity index is 0.000000125. The van der Waals surface area contributed by atoms with Crippen LogP contribution in [-0.4, -0.2) is 32.8 Å². The van der Waals surface area contributed by atoms with Crippen LogP contribution in [0.2, 0.25) is 0 Å². The van der Waals surface area contributed by atoms with Crippen LogP contribution < -0.4 is 0 Å². The van der Waals surface area contributed by atoms with Crippen LogP contribution in [-0.2, 0) is 10.8 Å². The zero-order valence-electron chi connectivity index (χ0n) is 67.2. The molecule has 0 N–H and O–H groups in total. The summed E-state index contributed by atoms with van der Waals surface area (Å²) in [6.07, 6.45) is 17.9. The predicted octanol–water partition coefficient (Wildman–Crippen LogP) is 28.4. The minimum atomic E-state index is 0.136. The first kappa shape index (κ1) is 67.3. The number of para-hydroxylation sites is 7. The normalized spacial score (nSPS) is 22.4. The van der Waals surface area contributed by atoms with Crippen molar-refractivity contribution in [2.45, 2.75) is 75.0 Å². The Morgan fingerprint density at radius 2 is 0.587 bits per heavy atom. The number of fused-ring (bicyclic) bond motifs is 20. The standard InChI is InChI=1S/C59H44N4.C55H41N3/c1-2-12-42(13-3-1)62-57-21-11-8-18-52(57)60-58(62)63-54-20-10-6-16-47(54)49-34-39(23-27-56(49)63)38-22-26-55-48(33-38)46-15-5-9-19-53(46)61(55)43-24-25-45-44-14-4-7-17-50(44)59(51(45)35-43)40-29-36-28-37(31-40)32-41(59)30-36;1-4-10-49-43(7-1)44-18-17-42(31-50(44)55(49)39-24-33-23-34(26-39)27-40(55)25-33)58-52-12-6-3-9-46(52)48-30-36(15-20-54(48)58)35-14-19-53-47(29-35)45-8-2-5-11-51(45)57(53)41-16-13-38-32-56-22-21-37(38)28-41/h1-27,33-37,40-41H,28-32H2;1-22,28-34,39-40H,23-27H2. The number of pyridine rings is 1. The van der Waals surface area contributed by atoms with E-state index in [1.807, 2.05) is 12.4 Å². The molecule has 8 fully saturated rings. The van der Waals surface area contributed by atoms with Gasteiger partial charge in [-0.25, -0.2) is 4.98 Å². The summed E-state index contributed by atoms with van der Waals surface area (Å²) in [5.74, 6) is 7.58. The summed E-state index contributed by atoms with van der Waals surface area (Å²) in [6.45, 7) is 0. The van der Waals surface area contributed by atoms with Gasteiger partial charge in [0.05, 0.1) is 55.2 Å². The fourth-order valence-corrected chi connectivity index (χ4v) is 27.4. The largest absolute Gasteiger partial charge is 0.309 e. The molecule has 0 atom stereocenters. The lowest BCUT2D eigenvalue weighted by atomic mass is 9.43. The third kappa shape index (κ3) is 9.28. The van der Waals surface area contributed by atoms with Crippen molar-refractivity contribution in [1.82, 2.24) is 32.8 Å². The van der Waals surface area contributed by atoms with Crippen molar-refractivity contribution in [2.24, 2.45) is 47.3 Å². The Hall–Kier alpha value is -13.6. The Kier molecular flexibility index (Phi) is 13.9. The van der Waals surface area contributed by atoms with Gasteiger partial charge < -0.3 is 13.7 Å². The van der Waals surface area contributed by atoms with Gasteiger partial charge in [-0.2, -0.15) is 0 Å². The van der Waals surface area contributed by atoms with Crippen molar-refractivity contribution in [3.05, 3.63) is 368 Å². The molecule has 8 bridgehead atoms. The van der Waals surface area contributed by atoms with Gasteiger partial charge >= 0.3 is 0 Å². The van der Waals surface area contributed by atoms with Crippen molar-refractivity contribution in [1.29, 1.82) is 0 Å². The number of hydrogen-bond donors (Lipinski definition) is 0. The third-order valence-electron chi connectivity index (χ3n) is 31.6. The van der Waals surface area contributed by atoms with Gasteiger partial charge in [-0.15, -0.1) is 0 Å².